The molecular formula is C19H15Cl3N2O2S. The van der Waals surface area contributed by atoms with Gasteiger partial charge in [-0.2, -0.15) is 0 Å². The summed E-state index contributed by atoms with van der Waals surface area (Å²) in [4.78, 5) is 19.6. The summed E-state index contributed by atoms with van der Waals surface area (Å²) in [6, 6.07) is 10.3. The number of ether oxygens (including phenoxy) is 1. The van der Waals surface area contributed by atoms with E-state index in [0.717, 1.165) is 23.1 Å². The van der Waals surface area contributed by atoms with E-state index in [-0.39, 0.29) is 12.0 Å². The SMILES string of the molecule is O=C(c1cc(Cl)cc(Cl)c1)N(CC1CCCO1)c1nc2ccc(Cl)cc2s1. The molecular weight excluding hydrogens is 427 g/mol. The molecule has 3 aromatic rings. The summed E-state index contributed by atoms with van der Waals surface area (Å²) in [6.07, 6.45) is 1.89. The van der Waals surface area contributed by atoms with Gasteiger partial charge in [-0.3, -0.25) is 9.69 Å². The zero-order valence-corrected chi connectivity index (χ0v) is 17.2. The van der Waals surface area contributed by atoms with Gasteiger partial charge in [-0.05, 0) is 49.2 Å². The highest BCUT2D eigenvalue weighted by atomic mass is 35.5. The number of benzene rings is 2. The predicted molar refractivity (Wildman–Crippen MR) is 112 cm³/mol. The van der Waals surface area contributed by atoms with Gasteiger partial charge >= 0.3 is 0 Å². The first kappa shape index (κ1) is 19.0. The number of carbonyl (C=O) groups excluding carboxylic acids is 1. The minimum Gasteiger partial charge on any atom is -0.376 e. The molecule has 0 aliphatic carbocycles. The fourth-order valence-electron chi connectivity index (χ4n) is 3.07. The highest BCUT2D eigenvalue weighted by Crippen LogP contribution is 2.33. The van der Waals surface area contributed by atoms with Crippen molar-refractivity contribution >= 4 is 67.4 Å². The summed E-state index contributed by atoms with van der Waals surface area (Å²) in [5.41, 5.74) is 1.22. The standard InChI is InChI=1S/C19H15Cl3N2O2S/c20-12-3-4-16-17(9-12)27-19(23-16)24(10-15-2-1-5-26-15)18(25)11-6-13(21)8-14(22)7-11/h3-4,6-9,15H,1-2,5,10H2. The van der Waals surface area contributed by atoms with Crippen molar-refractivity contribution in [2.45, 2.75) is 18.9 Å². The Labute approximate surface area is 175 Å². The van der Waals surface area contributed by atoms with Crippen LogP contribution in [-0.4, -0.2) is 30.1 Å². The van der Waals surface area contributed by atoms with Crippen LogP contribution in [0.15, 0.2) is 36.4 Å². The van der Waals surface area contributed by atoms with Crippen LogP contribution < -0.4 is 4.90 Å². The molecule has 0 spiro atoms. The third kappa shape index (κ3) is 4.23. The van der Waals surface area contributed by atoms with E-state index < -0.39 is 0 Å². The summed E-state index contributed by atoms with van der Waals surface area (Å²) in [7, 11) is 0. The lowest BCUT2D eigenvalue weighted by Gasteiger charge is -2.23. The summed E-state index contributed by atoms with van der Waals surface area (Å²) in [5.74, 6) is -0.208. The van der Waals surface area contributed by atoms with E-state index >= 15 is 0 Å². The van der Waals surface area contributed by atoms with Gasteiger partial charge in [0.25, 0.3) is 5.91 Å². The fourth-order valence-corrected chi connectivity index (χ4v) is 4.85. The second-order valence-electron chi connectivity index (χ2n) is 6.32. The lowest BCUT2D eigenvalue weighted by Crippen LogP contribution is -2.37. The molecule has 0 radical (unpaired) electrons. The second kappa shape index (κ2) is 7.94. The summed E-state index contributed by atoms with van der Waals surface area (Å²) in [5, 5.41) is 2.07. The van der Waals surface area contributed by atoms with Gasteiger partial charge in [0.2, 0.25) is 0 Å². The summed E-state index contributed by atoms with van der Waals surface area (Å²) < 4.78 is 6.66. The smallest absolute Gasteiger partial charge is 0.260 e. The van der Waals surface area contributed by atoms with E-state index in [4.69, 9.17) is 39.5 Å². The molecule has 1 aliphatic heterocycles. The normalized spacial score (nSPS) is 16.8. The van der Waals surface area contributed by atoms with Crippen LogP contribution in [-0.2, 0) is 4.74 Å². The monoisotopic (exact) mass is 440 g/mol. The number of fused-ring (bicyclic) bond motifs is 1. The number of nitrogens with zero attached hydrogens (tertiary/aromatic N) is 2. The molecule has 1 saturated heterocycles. The van der Waals surface area contributed by atoms with Crippen LogP contribution in [0.3, 0.4) is 0 Å². The molecule has 140 valence electrons. The lowest BCUT2D eigenvalue weighted by molar-refractivity contribution is 0.0917. The van der Waals surface area contributed by atoms with Crippen LogP contribution in [0.25, 0.3) is 10.2 Å². The van der Waals surface area contributed by atoms with Gasteiger partial charge in [-0.15, -0.1) is 0 Å². The second-order valence-corrected chi connectivity index (χ2v) is 8.64. The maximum atomic E-state index is 13.3. The average Bonchev–Trinajstić information content (AvgIpc) is 3.27. The molecule has 2 aromatic carbocycles. The molecule has 1 aliphatic rings. The largest absolute Gasteiger partial charge is 0.376 e. The van der Waals surface area contributed by atoms with Crippen molar-refractivity contribution in [3.05, 3.63) is 57.0 Å². The van der Waals surface area contributed by atoms with Crippen LogP contribution in [0.1, 0.15) is 23.2 Å². The average molecular weight is 442 g/mol. The van der Waals surface area contributed by atoms with Crippen LogP contribution in [0, 0.1) is 0 Å². The number of carbonyl (C=O) groups is 1. The third-order valence-corrected chi connectivity index (χ3v) is 6.05. The van der Waals surface area contributed by atoms with Gasteiger partial charge in [0.05, 0.1) is 22.9 Å². The Hall–Kier alpha value is -1.37. The molecule has 4 rings (SSSR count). The maximum absolute atomic E-state index is 13.3. The fraction of sp³-hybridized carbons (Fsp3) is 0.263. The molecule has 8 heteroatoms. The van der Waals surface area contributed by atoms with E-state index in [1.807, 2.05) is 12.1 Å². The molecule has 1 fully saturated rings. The first-order chi connectivity index (χ1) is 13.0. The van der Waals surface area contributed by atoms with Crippen molar-refractivity contribution in [1.82, 2.24) is 4.98 Å². The number of aromatic nitrogens is 1. The lowest BCUT2D eigenvalue weighted by atomic mass is 10.1. The van der Waals surface area contributed by atoms with Crippen molar-refractivity contribution in [2.75, 3.05) is 18.1 Å². The van der Waals surface area contributed by atoms with Crippen LogP contribution in [0.2, 0.25) is 15.1 Å². The Morgan fingerprint density at radius 2 is 1.93 bits per heavy atom. The molecule has 0 bridgehead atoms. The van der Waals surface area contributed by atoms with E-state index in [2.05, 4.69) is 4.98 Å². The van der Waals surface area contributed by atoms with E-state index in [1.165, 1.54) is 11.3 Å². The predicted octanol–water partition coefficient (Wildman–Crippen LogP) is 6.08. The Morgan fingerprint density at radius 3 is 2.63 bits per heavy atom. The number of anilines is 1. The molecule has 1 atom stereocenters. The summed E-state index contributed by atoms with van der Waals surface area (Å²) >= 11 is 19.7. The van der Waals surface area contributed by atoms with Gasteiger partial charge in [-0.1, -0.05) is 46.1 Å². The number of hydrogen-bond acceptors (Lipinski definition) is 4. The molecule has 1 amide bonds. The number of rotatable bonds is 4. The molecule has 0 saturated carbocycles. The van der Waals surface area contributed by atoms with E-state index in [1.54, 1.807) is 29.2 Å². The van der Waals surface area contributed by atoms with Crippen LogP contribution in [0.4, 0.5) is 5.13 Å². The highest BCUT2D eigenvalue weighted by Gasteiger charge is 2.27. The molecule has 1 unspecified atom stereocenters. The minimum atomic E-state index is -0.208. The number of amides is 1. The van der Waals surface area contributed by atoms with Gasteiger partial charge in [0.1, 0.15) is 0 Å². The Kier molecular flexibility index (Phi) is 5.58. The molecule has 27 heavy (non-hydrogen) atoms. The van der Waals surface area contributed by atoms with Gasteiger partial charge in [-0.25, -0.2) is 4.98 Å². The first-order valence-corrected chi connectivity index (χ1v) is 10.4. The van der Waals surface area contributed by atoms with Crippen molar-refractivity contribution in [3.8, 4) is 0 Å². The molecule has 2 heterocycles. The quantitative estimate of drug-likeness (QED) is 0.492. The molecule has 4 nitrogen and oxygen atoms in total. The number of halogens is 3. The van der Waals surface area contributed by atoms with Crippen molar-refractivity contribution in [2.24, 2.45) is 0 Å². The minimum absolute atomic E-state index is 0.0146. The van der Waals surface area contributed by atoms with E-state index in [9.17, 15) is 4.79 Å². The third-order valence-electron chi connectivity index (χ3n) is 4.33. The van der Waals surface area contributed by atoms with Gasteiger partial charge in [0, 0.05) is 27.2 Å². The van der Waals surface area contributed by atoms with E-state index in [0.29, 0.717) is 38.9 Å². The topological polar surface area (TPSA) is 42.4 Å². The maximum Gasteiger partial charge on any atom is 0.260 e. The van der Waals surface area contributed by atoms with Crippen molar-refractivity contribution in [3.63, 3.8) is 0 Å². The van der Waals surface area contributed by atoms with Crippen molar-refractivity contribution in [1.29, 1.82) is 0 Å². The summed E-state index contributed by atoms with van der Waals surface area (Å²) in [6.45, 7) is 1.14. The Balaban J connectivity index is 1.73. The highest BCUT2D eigenvalue weighted by molar-refractivity contribution is 7.22. The zero-order valence-electron chi connectivity index (χ0n) is 14.1. The van der Waals surface area contributed by atoms with Crippen molar-refractivity contribution < 1.29 is 9.53 Å². The van der Waals surface area contributed by atoms with Gasteiger partial charge < -0.3 is 4.74 Å². The number of thiazole rings is 1. The van der Waals surface area contributed by atoms with Crippen LogP contribution >= 0.6 is 46.1 Å². The first-order valence-electron chi connectivity index (χ1n) is 8.45. The zero-order chi connectivity index (χ0) is 19.0. The van der Waals surface area contributed by atoms with Crippen LogP contribution in [0.5, 0.6) is 0 Å². The Bertz CT molecular complexity index is 982. The number of hydrogen-bond donors (Lipinski definition) is 0. The molecule has 1 aromatic heterocycles. The molecule has 0 N–H and O–H groups in total. The Morgan fingerprint density at radius 1 is 1.15 bits per heavy atom. The van der Waals surface area contributed by atoms with Gasteiger partial charge in [0.15, 0.2) is 5.13 Å².